The lowest BCUT2D eigenvalue weighted by Crippen LogP contribution is -2.31. The van der Waals surface area contributed by atoms with E-state index in [4.69, 9.17) is 9.84 Å². The highest BCUT2D eigenvalue weighted by molar-refractivity contribution is 5.81. The third-order valence-electron chi connectivity index (χ3n) is 2.74. The van der Waals surface area contributed by atoms with Gasteiger partial charge in [0.2, 0.25) is 0 Å². The minimum absolute atomic E-state index is 0.0345. The van der Waals surface area contributed by atoms with Crippen LogP contribution < -0.4 is 4.74 Å². The maximum absolute atomic E-state index is 12.9. The molecule has 0 atom stereocenters. The van der Waals surface area contributed by atoms with Gasteiger partial charge in [0.25, 0.3) is 0 Å². The Hall–Kier alpha value is -1.72. The lowest BCUT2D eigenvalue weighted by atomic mass is 9.81. The predicted octanol–water partition coefficient (Wildman–Crippen LogP) is 3.08. The molecule has 0 heterocycles. The highest BCUT2D eigenvalue weighted by atomic mass is 19.4. The highest BCUT2D eigenvalue weighted by Gasteiger charge is 2.41. The summed E-state index contributed by atoms with van der Waals surface area (Å²) >= 11 is 0. The molecule has 18 heavy (non-hydrogen) atoms. The number of halogens is 3. The Morgan fingerprint density at radius 2 is 1.78 bits per heavy atom. The van der Waals surface area contributed by atoms with Gasteiger partial charge in [0.15, 0.2) is 0 Å². The molecular formula is C12H13F3O3. The zero-order chi connectivity index (χ0) is 14.1. The van der Waals surface area contributed by atoms with Crippen molar-refractivity contribution in [1.29, 1.82) is 0 Å². The lowest BCUT2D eigenvalue weighted by molar-refractivity contribution is -0.144. The first-order chi connectivity index (χ1) is 8.10. The number of carboxylic acids is 1. The molecule has 0 radical (unpaired) electrons. The van der Waals surface area contributed by atoms with Gasteiger partial charge in [-0.05, 0) is 31.5 Å². The van der Waals surface area contributed by atoms with Crippen LogP contribution in [0.2, 0.25) is 0 Å². The normalized spacial score (nSPS) is 12.3. The molecule has 0 aliphatic rings. The zero-order valence-electron chi connectivity index (χ0n) is 10.1. The highest BCUT2D eigenvalue weighted by Crippen LogP contribution is 2.39. The van der Waals surface area contributed by atoms with E-state index in [0.717, 1.165) is 12.1 Å². The number of ether oxygens (including phenoxy) is 1. The number of methoxy groups -OCH3 is 1. The quantitative estimate of drug-likeness (QED) is 0.910. The molecule has 3 nitrogen and oxygen atoms in total. The van der Waals surface area contributed by atoms with Crippen molar-refractivity contribution in [2.24, 2.45) is 0 Å². The van der Waals surface area contributed by atoms with Crippen molar-refractivity contribution in [1.82, 2.24) is 0 Å². The van der Waals surface area contributed by atoms with Gasteiger partial charge in [-0.1, -0.05) is 6.07 Å². The Morgan fingerprint density at radius 3 is 2.17 bits per heavy atom. The summed E-state index contributed by atoms with van der Waals surface area (Å²) in [5.41, 5.74) is -2.91. The van der Waals surface area contributed by atoms with Crippen LogP contribution in [-0.4, -0.2) is 18.2 Å². The van der Waals surface area contributed by atoms with E-state index < -0.39 is 23.1 Å². The Labute approximate surface area is 102 Å². The van der Waals surface area contributed by atoms with Crippen molar-refractivity contribution in [3.63, 3.8) is 0 Å². The number of rotatable bonds is 3. The third kappa shape index (κ3) is 2.57. The molecule has 100 valence electrons. The molecule has 0 unspecified atom stereocenters. The van der Waals surface area contributed by atoms with Gasteiger partial charge in [0.1, 0.15) is 5.75 Å². The second-order valence-corrected chi connectivity index (χ2v) is 4.34. The molecule has 1 aromatic rings. The lowest BCUT2D eigenvalue weighted by Gasteiger charge is -2.24. The smallest absolute Gasteiger partial charge is 0.416 e. The largest absolute Gasteiger partial charge is 0.497 e. The van der Waals surface area contributed by atoms with Gasteiger partial charge < -0.3 is 9.84 Å². The van der Waals surface area contributed by atoms with Crippen LogP contribution in [0.4, 0.5) is 13.2 Å². The van der Waals surface area contributed by atoms with Crippen molar-refractivity contribution < 1.29 is 27.8 Å². The molecule has 1 N–H and O–H groups in total. The van der Waals surface area contributed by atoms with Crippen molar-refractivity contribution >= 4 is 5.97 Å². The third-order valence-corrected chi connectivity index (χ3v) is 2.74. The van der Waals surface area contributed by atoms with Crippen LogP contribution in [0.5, 0.6) is 5.75 Å². The van der Waals surface area contributed by atoms with E-state index in [1.807, 2.05) is 0 Å². The van der Waals surface area contributed by atoms with E-state index in [2.05, 4.69) is 0 Å². The predicted molar refractivity (Wildman–Crippen MR) is 58.7 cm³/mol. The Balaban J connectivity index is 3.50. The number of carboxylic acid groups (broad SMARTS) is 1. The maximum atomic E-state index is 12.9. The number of aliphatic carboxylic acids is 1. The molecule has 0 bridgehead atoms. The zero-order valence-corrected chi connectivity index (χ0v) is 10.1. The van der Waals surface area contributed by atoms with Crippen LogP contribution in [-0.2, 0) is 16.4 Å². The van der Waals surface area contributed by atoms with Crippen LogP contribution in [0.1, 0.15) is 25.0 Å². The summed E-state index contributed by atoms with van der Waals surface area (Å²) in [6, 6.07) is 3.26. The molecule has 6 heteroatoms. The van der Waals surface area contributed by atoms with Gasteiger partial charge in [-0.15, -0.1) is 0 Å². The van der Waals surface area contributed by atoms with Gasteiger partial charge in [0.05, 0.1) is 18.1 Å². The van der Waals surface area contributed by atoms with Crippen LogP contribution in [0.3, 0.4) is 0 Å². The summed E-state index contributed by atoms with van der Waals surface area (Å²) in [5, 5.41) is 9.01. The molecule has 0 saturated carbocycles. The van der Waals surface area contributed by atoms with E-state index in [-0.39, 0.29) is 11.3 Å². The number of hydrogen-bond acceptors (Lipinski definition) is 2. The van der Waals surface area contributed by atoms with E-state index in [0.29, 0.717) is 0 Å². The summed E-state index contributed by atoms with van der Waals surface area (Å²) in [5.74, 6) is -1.29. The average molecular weight is 262 g/mol. The molecule has 0 aromatic heterocycles. The van der Waals surface area contributed by atoms with Crippen molar-refractivity contribution in [2.45, 2.75) is 25.4 Å². The monoisotopic (exact) mass is 262 g/mol. The summed E-state index contributed by atoms with van der Waals surface area (Å²) in [7, 11) is 1.25. The molecule has 0 saturated heterocycles. The first-order valence-electron chi connectivity index (χ1n) is 5.10. The molecular weight excluding hydrogens is 249 g/mol. The fourth-order valence-electron chi connectivity index (χ4n) is 1.55. The van der Waals surface area contributed by atoms with Gasteiger partial charge in [-0.25, -0.2) is 0 Å². The number of carbonyl (C=O) groups is 1. The van der Waals surface area contributed by atoms with Gasteiger partial charge >= 0.3 is 12.1 Å². The van der Waals surface area contributed by atoms with Gasteiger partial charge in [0, 0.05) is 0 Å². The summed E-state index contributed by atoms with van der Waals surface area (Å²) in [6.07, 6.45) is -4.63. The second-order valence-electron chi connectivity index (χ2n) is 4.34. The maximum Gasteiger partial charge on any atom is 0.416 e. The van der Waals surface area contributed by atoms with E-state index in [1.165, 1.54) is 27.0 Å². The Bertz CT molecular complexity index is 464. The number of hydrogen-bond donors (Lipinski definition) is 1. The van der Waals surface area contributed by atoms with Crippen LogP contribution in [0.15, 0.2) is 18.2 Å². The van der Waals surface area contributed by atoms with E-state index in [9.17, 15) is 18.0 Å². The van der Waals surface area contributed by atoms with Gasteiger partial charge in [-0.3, -0.25) is 4.79 Å². The second kappa shape index (κ2) is 4.51. The molecule has 0 aliphatic heterocycles. The standard InChI is InChI=1S/C12H13F3O3/c1-11(2,10(16)17)8-5-4-7(18-3)6-9(8)12(13,14)15/h4-6H,1-3H3,(H,16,17). The number of alkyl halides is 3. The molecule has 0 fully saturated rings. The fraction of sp³-hybridized carbons (Fsp3) is 0.417. The van der Waals surface area contributed by atoms with Gasteiger partial charge in [-0.2, -0.15) is 13.2 Å². The Morgan fingerprint density at radius 1 is 1.22 bits per heavy atom. The molecule has 0 amide bonds. The minimum atomic E-state index is -4.63. The topological polar surface area (TPSA) is 46.5 Å². The van der Waals surface area contributed by atoms with Crippen molar-refractivity contribution in [3.05, 3.63) is 29.3 Å². The molecule has 0 spiro atoms. The Kier molecular flexibility index (Phi) is 3.59. The number of benzene rings is 1. The van der Waals surface area contributed by atoms with E-state index in [1.54, 1.807) is 0 Å². The van der Waals surface area contributed by atoms with Crippen LogP contribution in [0.25, 0.3) is 0 Å². The van der Waals surface area contributed by atoms with Crippen LogP contribution >= 0.6 is 0 Å². The van der Waals surface area contributed by atoms with Crippen molar-refractivity contribution in [2.75, 3.05) is 7.11 Å². The molecule has 0 aliphatic carbocycles. The van der Waals surface area contributed by atoms with Crippen molar-refractivity contribution in [3.8, 4) is 5.75 Å². The first-order valence-corrected chi connectivity index (χ1v) is 5.10. The SMILES string of the molecule is COc1ccc(C(C)(C)C(=O)O)c(C(F)(F)F)c1. The average Bonchev–Trinajstić information content (AvgIpc) is 2.26. The first kappa shape index (κ1) is 14.3. The van der Waals surface area contributed by atoms with Crippen LogP contribution in [0, 0.1) is 0 Å². The van der Waals surface area contributed by atoms with E-state index >= 15 is 0 Å². The fourth-order valence-corrected chi connectivity index (χ4v) is 1.55. The molecule has 1 aromatic carbocycles. The molecule has 1 rings (SSSR count). The summed E-state index contributed by atoms with van der Waals surface area (Å²) in [6.45, 7) is 2.46. The summed E-state index contributed by atoms with van der Waals surface area (Å²) in [4.78, 5) is 11.1. The summed E-state index contributed by atoms with van der Waals surface area (Å²) < 4.78 is 43.5. The minimum Gasteiger partial charge on any atom is -0.497 e.